The zero-order valence-corrected chi connectivity index (χ0v) is 21.9. The number of likely N-dealkylation sites (tertiary alicyclic amines) is 1. The molecule has 3 heterocycles. The molecule has 2 aliphatic rings. The second-order valence-corrected chi connectivity index (χ2v) is 10.2. The molecule has 2 aliphatic heterocycles. The molecule has 192 valence electrons. The molecule has 0 atom stereocenters. The number of carbonyl (C=O) groups is 2. The maximum absolute atomic E-state index is 13.5. The molecule has 0 aliphatic carbocycles. The van der Waals surface area contributed by atoms with Crippen LogP contribution >= 0.6 is 0 Å². The first-order valence-electron chi connectivity index (χ1n) is 12.6. The Labute approximate surface area is 216 Å². The van der Waals surface area contributed by atoms with Gasteiger partial charge in [-0.25, -0.2) is 9.99 Å². The van der Waals surface area contributed by atoms with Gasteiger partial charge in [-0.15, -0.1) is 0 Å². The Morgan fingerprint density at radius 2 is 1.70 bits per heavy atom. The standard InChI is InChI=1S/C29H32N4O4/c1-18-16-23(30-22-9-7-6-8-21(18)22)27(34)32-14-12-20(13-15-32)33-28(35)29(2,3)26(31-33)19-10-11-24(36-4)25(17-19)37-5/h6-11,16-17,20H,12-15H2,1-5H3. The molecule has 1 fully saturated rings. The number of para-hydroxylation sites is 1. The average molecular weight is 501 g/mol. The fourth-order valence-electron chi connectivity index (χ4n) is 5.25. The van der Waals surface area contributed by atoms with Crippen LogP contribution in [0.4, 0.5) is 0 Å². The lowest BCUT2D eigenvalue weighted by Gasteiger charge is -2.35. The normalized spacial score (nSPS) is 17.8. The van der Waals surface area contributed by atoms with E-state index in [-0.39, 0.29) is 17.9 Å². The number of amides is 2. The van der Waals surface area contributed by atoms with E-state index >= 15 is 0 Å². The summed E-state index contributed by atoms with van der Waals surface area (Å²) < 4.78 is 10.8. The highest BCUT2D eigenvalue weighted by Gasteiger charge is 2.47. The molecule has 37 heavy (non-hydrogen) atoms. The van der Waals surface area contributed by atoms with Gasteiger partial charge in [0.05, 0.1) is 36.9 Å². The number of fused-ring (bicyclic) bond motifs is 1. The first-order chi connectivity index (χ1) is 17.7. The Hall–Kier alpha value is -3.94. The second kappa shape index (κ2) is 9.50. The highest BCUT2D eigenvalue weighted by molar-refractivity contribution is 6.19. The zero-order chi connectivity index (χ0) is 26.3. The van der Waals surface area contributed by atoms with Crippen molar-refractivity contribution in [3.05, 3.63) is 65.4 Å². The van der Waals surface area contributed by atoms with Crippen molar-refractivity contribution in [2.75, 3.05) is 27.3 Å². The van der Waals surface area contributed by atoms with Crippen molar-refractivity contribution < 1.29 is 19.1 Å². The minimum Gasteiger partial charge on any atom is -0.493 e. The number of nitrogens with zero attached hydrogens (tertiary/aromatic N) is 4. The van der Waals surface area contributed by atoms with Crippen LogP contribution in [0, 0.1) is 12.3 Å². The molecule has 0 spiro atoms. The summed E-state index contributed by atoms with van der Waals surface area (Å²) in [4.78, 5) is 33.2. The van der Waals surface area contributed by atoms with E-state index in [0.29, 0.717) is 48.8 Å². The maximum Gasteiger partial charge on any atom is 0.272 e. The van der Waals surface area contributed by atoms with Crippen LogP contribution in [0.5, 0.6) is 11.5 Å². The van der Waals surface area contributed by atoms with Gasteiger partial charge in [-0.05, 0) is 69.5 Å². The summed E-state index contributed by atoms with van der Waals surface area (Å²) in [7, 11) is 3.18. The number of benzene rings is 2. The summed E-state index contributed by atoms with van der Waals surface area (Å²) in [6.45, 7) is 6.89. The molecular formula is C29H32N4O4. The van der Waals surface area contributed by atoms with Gasteiger partial charge in [0.25, 0.3) is 11.8 Å². The number of methoxy groups -OCH3 is 2. The molecule has 5 rings (SSSR count). The molecule has 0 bridgehead atoms. The molecule has 0 radical (unpaired) electrons. The predicted octanol–water partition coefficient (Wildman–Crippen LogP) is 4.44. The van der Waals surface area contributed by atoms with Crippen molar-refractivity contribution in [1.82, 2.24) is 14.9 Å². The summed E-state index contributed by atoms with van der Waals surface area (Å²) in [5.41, 5.74) is 3.06. The van der Waals surface area contributed by atoms with Gasteiger partial charge in [0.2, 0.25) is 0 Å². The lowest BCUT2D eigenvalue weighted by atomic mass is 9.83. The van der Waals surface area contributed by atoms with Gasteiger partial charge < -0.3 is 14.4 Å². The number of carbonyl (C=O) groups excluding carboxylic acids is 2. The number of ether oxygens (including phenoxy) is 2. The number of pyridine rings is 1. The van der Waals surface area contributed by atoms with E-state index < -0.39 is 5.41 Å². The minimum atomic E-state index is -0.779. The smallest absolute Gasteiger partial charge is 0.272 e. The molecule has 3 aromatic rings. The lowest BCUT2D eigenvalue weighted by molar-refractivity contribution is -0.137. The van der Waals surface area contributed by atoms with Gasteiger partial charge in [-0.3, -0.25) is 9.59 Å². The van der Waals surface area contributed by atoms with Crippen molar-refractivity contribution in [2.24, 2.45) is 10.5 Å². The van der Waals surface area contributed by atoms with E-state index in [2.05, 4.69) is 4.98 Å². The molecule has 0 saturated carbocycles. The van der Waals surface area contributed by atoms with Crippen molar-refractivity contribution in [1.29, 1.82) is 0 Å². The first kappa shape index (κ1) is 24.7. The topological polar surface area (TPSA) is 84.3 Å². The third-order valence-electron chi connectivity index (χ3n) is 7.44. The Kier molecular flexibility index (Phi) is 6.35. The van der Waals surface area contributed by atoms with Gasteiger partial charge in [0.15, 0.2) is 11.5 Å². The van der Waals surface area contributed by atoms with Gasteiger partial charge >= 0.3 is 0 Å². The lowest BCUT2D eigenvalue weighted by Crippen LogP contribution is -2.47. The number of aromatic nitrogens is 1. The monoisotopic (exact) mass is 500 g/mol. The fourth-order valence-corrected chi connectivity index (χ4v) is 5.25. The van der Waals surface area contributed by atoms with E-state index in [1.165, 1.54) is 0 Å². The number of rotatable bonds is 5. The van der Waals surface area contributed by atoms with E-state index in [1.54, 1.807) is 19.2 Å². The summed E-state index contributed by atoms with van der Waals surface area (Å²) in [6, 6.07) is 15.2. The van der Waals surface area contributed by atoms with Crippen LogP contribution in [0.2, 0.25) is 0 Å². The summed E-state index contributed by atoms with van der Waals surface area (Å²) in [6.07, 6.45) is 1.31. The molecule has 1 saturated heterocycles. The van der Waals surface area contributed by atoms with Crippen molar-refractivity contribution in [2.45, 2.75) is 39.7 Å². The van der Waals surface area contributed by atoms with Gasteiger partial charge in [0.1, 0.15) is 5.69 Å². The van der Waals surface area contributed by atoms with E-state index in [0.717, 1.165) is 22.0 Å². The van der Waals surface area contributed by atoms with Gasteiger partial charge in [-0.1, -0.05) is 18.2 Å². The van der Waals surface area contributed by atoms with Crippen molar-refractivity contribution >= 4 is 28.4 Å². The van der Waals surface area contributed by atoms with Crippen LogP contribution in [0.25, 0.3) is 10.9 Å². The number of hydrogen-bond acceptors (Lipinski definition) is 6. The molecular weight excluding hydrogens is 468 g/mol. The van der Waals surface area contributed by atoms with Crippen LogP contribution in [-0.2, 0) is 4.79 Å². The quantitative estimate of drug-likeness (QED) is 0.517. The van der Waals surface area contributed by atoms with Gasteiger partial charge in [0, 0.05) is 24.0 Å². The number of piperidine rings is 1. The van der Waals surface area contributed by atoms with E-state index in [4.69, 9.17) is 14.6 Å². The highest BCUT2D eigenvalue weighted by atomic mass is 16.5. The molecule has 2 amide bonds. The van der Waals surface area contributed by atoms with E-state index in [9.17, 15) is 9.59 Å². The SMILES string of the molecule is COc1ccc(C2=NN(C3CCN(C(=O)c4cc(C)c5ccccc5n4)CC3)C(=O)C2(C)C)cc1OC. The largest absolute Gasteiger partial charge is 0.493 e. The molecule has 8 nitrogen and oxygen atoms in total. The molecule has 8 heteroatoms. The maximum atomic E-state index is 13.5. The number of hydrazone groups is 1. The van der Waals surface area contributed by atoms with Crippen LogP contribution < -0.4 is 9.47 Å². The number of hydrogen-bond donors (Lipinski definition) is 0. The number of aryl methyl sites for hydroxylation is 1. The molecule has 0 N–H and O–H groups in total. The Morgan fingerprint density at radius 3 is 2.41 bits per heavy atom. The van der Waals surface area contributed by atoms with Crippen LogP contribution in [0.15, 0.2) is 53.6 Å². The Bertz CT molecular complexity index is 1410. The van der Waals surface area contributed by atoms with E-state index in [1.807, 2.05) is 74.2 Å². The fraction of sp³-hybridized carbons (Fsp3) is 0.379. The van der Waals surface area contributed by atoms with Crippen LogP contribution in [0.3, 0.4) is 0 Å². The highest BCUT2D eigenvalue weighted by Crippen LogP contribution is 2.37. The third-order valence-corrected chi connectivity index (χ3v) is 7.44. The van der Waals surface area contributed by atoms with Crippen molar-refractivity contribution in [3.63, 3.8) is 0 Å². The second-order valence-electron chi connectivity index (χ2n) is 10.2. The first-order valence-corrected chi connectivity index (χ1v) is 12.6. The molecule has 0 unspecified atom stereocenters. The zero-order valence-electron chi connectivity index (χ0n) is 21.9. The summed E-state index contributed by atoms with van der Waals surface area (Å²) in [5.74, 6) is 1.11. The summed E-state index contributed by atoms with van der Waals surface area (Å²) in [5, 5.41) is 7.49. The molecule has 2 aromatic carbocycles. The Balaban J connectivity index is 1.33. The third kappa shape index (κ3) is 4.30. The van der Waals surface area contributed by atoms with Crippen LogP contribution in [0.1, 0.15) is 48.3 Å². The predicted molar refractivity (Wildman–Crippen MR) is 142 cm³/mol. The van der Waals surface area contributed by atoms with Crippen LogP contribution in [-0.4, -0.2) is 65.8 Å². The minimum absolute atomic E-state index is 0.0334. The van der Waals surface area contributed by atoms with Gasteiger partial charge in [-0.2, -0.15) is 5.10 Å². The Morgan fingerprint density at radius 1 is 1.00 bits per heavy atom. The molecule has 1 aromatic heterocycles. The van der Waals surface area contributed by atoms with Crippen molar-refractivity contribution in [3.8, 4) is 11.5 Å². The average Bonchev–Trinajstić information content (AvgIpc) is 3.16. The summed E-state index contributed by atoms with van der Waals surface area (Å²) >= 11 is 0.